The fourth-order valence-corrected chi connectivity index (χ4v) is 4.22. The van der Waals surface area contributed by atoms with Crippen LogP contribution < -0.4 is 10.6 Å². The number of aromatic nitrogens is 2. The number of likely N-dealkylation sites (tertiary alicyclic amines) is 1. The fourth-order valence-electron chi connectivity index (χ4n) is 3.37. The van der Waals surface area contributed by atoms with Gasteiger partial charge in [-0.1, -0.05) is 6.07 Å². The second kappa shape index (κ2) is 9.73. The highest BCUT2D eigenvalue weighted by molar-refractivity contribution is 7.10. The van der Waals surface area contributed by atoms with Gasteiger partial charge >= 0.3 is 0 Å². The normalized spacial score (nSPS) is 16.8. The van der Waals surface area contributed by atoms with E-state index >= 15 is 0 Å². The standard InChI is InChI=1S/C19H30N6S/c1-3-20-19(21-9-8-16-13-23-24(2)15-16)22-14-17(18-7-6-12-26-18)25-10-4-5-11-25/h6-7,12-13,15,17H,3-5,8-11,14H2,1-2H3,(H2,20,21,22). The maximum atomic E-state index is 4.89. The predicted molar refractivity (Wildman–Crippen MR) is 109 cm³/mol. The summed E-state index contributed by atoms with van der Waals surface area (Å²) >= 11 is 1.84. The zero-order valence-electron chi connectivity index (χ0n) is 15.8. The summed E-state index contributed by atoms with van der Waals surface area (Å²) in [6, 6.07) is 4.78. The van der Waals surface area contributed by atoms with Gasteiger partial charge in [0.2, 0.25) is 0 Å². The molecule has 1 fully saturated rings. The van der Waals surface area contributed by atoms with Crippen molar-refractivity contribution in [1.29, 1.82) is 0 Å². The highest BCUT2D eigenvalue weighted by atomic mass is 32.1. The lowest BCUT2D eigenvalue weighted by Gasteiger charge is -2.25. The second-order valence-corrected chi connectivity index (χ2v) is 7.67. The van der Waals surface area contributed by atoms with E-state index in [0.29, 0.717) is 6.04 Å². The third kappa shape index (κ3) is 5.32. The van der Waals surface area contributed by atoms with E-state index in [2.05, 4.69) is 51.3 Å². The molecule has 1 aliphatic rings. The highest BCUT2D eigenvalue weighted by Crippen LogP contribution is 2.28. The van der Waals surface area contributed by atoms with Crippen LogP contribution in [0.4, 0.5) is 0 Å². The van der Waals surface area contributed by atoms with E-state index in [0.717, 1.165) is 32.0 Å². The number of nitrogens with zero attached hydrogens (tertiary/aromatic N) is 4. The molecule has 3 heterocycles. The SMILES string of the molecule is CCNC(=NCC(c1cccs1)N1CCCC1)NCCc1cnn(C)c1. The minimum atomic E-state index is 0.395. The molecule has 3 rings (SSSR count). The van der Waals surface area contributed by atoms with Gasteiger partial charge in [-0.05, 0) is 56.3 Å². The Hall–Kier alpha value is -1.86. The van der Waals surface area contributed by atoms with Crippen LogP contribution in [0, 0.1) is 0 Å². The van der Waals surface area contributed by atoms with Gasteiger partial charge in [0, 0.05) is 31.2 Å². The van der Waals surface area contributed by atoms with Gasteiger partial charge < -0.3 is 10.6 Å². The number of aliphatic imine (C=N–C) groups is 1. The third-order valence-electron chi connectivity index (χ3n) is 4.68. The molecule has 1 saturated heterocycles. The molecule has 2 aromatic heterocycles. The lowest BCUT2D eigenvalue weighted by Crippen LogP contribution is -2.39. The van der Waals surface area contributed by atoms with E-state index in [1.54, 1.807) is 0 Å². The average Bonchev–Trinajstić information content (AvgIpc) is 3.38. The first-order valence-corrected chi connectivity index (χ1v) is 10.4. The number of nitrogens with one attached hydrogen (secondary N) is 2. The zero-order chi connectivity index (χ0) is 18.2. The Morgan fingerprint density at radius 2 is 2.19 bits per heavy atom. The molecular weight excluding hydrogens is 344 g/mol. The van der Waals surface area contributed by atoms with E-state index in [1.807, 2.05) is 29.3 Å². The van der Waals surface area contributed by atoms with Gasteiger partial charge in [0.1, 0.15) is 0 Å². The summed E-state index contributed by atoms with van der Waals surface area (Å²) in [5.41, 5.74) is 1.24. The quantitative estimate of drug-likeness (QED) is 0.550. The van der Waals surface area contributed by atoms with Gasteiger partial charge in [0.15, 0.2) is 5.96 Å². The monoisotopic (exact) mass is 374 g/mol. The number of thiophene rings is 1. The van der Waals surface area contributed by atoms with Crippen LogP contribution in [0.3, 0.4) is 0 Å². The molecule has 0 saturated carbocycles. The smallest absolute Gasteiger partial charge is 0.191 e. The first-order valence-electron chi connectivity index (χ1n) is 9.53. The van der Waals surface area contributed by atoms with Crippen LogP contribution >= 0.6 is 11.3 Å². The van der Waals surface area contributed by atoms with Crippen molar-refractivity contribution in [1.82, 2.24) is 25.3 Å². The summed E-state index contributed by atoms with van der Waals surface area (Å²) in [6.45, 7) is 6.99. The van der Waals surface area contributed by atoms with Crippen molar-refractivity contribution in [3.05, 3.63) is 40.3 Å². The van der Waals surface area contributed by atoms with Gasteiger partial charge in [-0.3, -0.25) is 14.6 Å². The van der Waals surface area contributed by atoms with Crippen LogP contribution in [0.2, 0.25) is 0 Å². The maximum absolute atomic E-state index is 4.89. The van der Waals surface area contributed by atoms with Gasteiger partial charge in [0.25, 0.3) is 0 Å². The van der Waals surface area contributed by atoms with Gasteiger partial charge in [-0.2, -0.15) is 5.10 Å². The molecule has 2 N–H and O–H groups in total. The first kappa shape index (κ1) is 18.9. The Bertz CT molecular complexity index is 672. The Balaban J connectivity index is 1.58. The molecule has 1 aliphatic heterocycles. The molecule has 0 radical (unpaired) electrons. The number of rotatable bonds is 8. The molecule has 1 atom stereocenters. The van der Waals surface area contributed by atoms with Crippen LogP contribution in [0.25, 0.3) is 0 Å². The molecule has 0 amide bonds. The van der Waals surface area contributed by atoms with E-state index in [9.17, 15) is 0 Å². The molecule has 6 nitrogen and oxygen atoms in total. The first-order chi connectivity index (χ1) is 12.8. The fraction of sp³-hybridized carbons (Fsp3) is 0.579. The van der Waals surface area contributed by atoms with E-state index in [4.69, 9.17) is 4.99 Å². The van der Waals surface area contributed by atoms with Crippen LogP contribution in [0.1, 0.15) is 36.2 Å². The average molecular weight is 375 g/mol. The highest BCUT2D eigenvalue weighted by Gasteiger charge is 2.24. The van der Waals surface area contributed by atoms with Crippen molar-refractivity contribution in [2.24, 2.45) is 12.0 Å². The van der Waals surface area contributed by atoms with Crippen molar-refractivity contribution in [2.75, 3.05) is 32.7 Å². The summed E-state index contributed by atoms with van der Waals surface area (Å²) in [5.74, 6) is 0.900. The molecular formula is C19H30N6S. The summed E-state index contributed by atoms with van der Waals surface area (Å²) < 4.78 is 1.84. The minimum Gasteiger partial charge on any atom is -0.357 e. The third-order valence-corrected chi connectivity index (χ3v) is 5.66. The molecule has 26 heavy (non-hydrogen) atoms. The van der Waals surface area contributed by atoms with Crippen molar-refractivity contribution in [3.8, 4) is 0 Å². The number of hydrogen-bond acceptors (Lipinski definition) is 4. The molecule has 0 aromatic carbocycles. The largest absolute Gasteiger partial charge is 0.357 e. The van der Waals surface area contributed by atoms with Crippen LogP contribution in [0.5, 0.6) is 0 Å². The molecule has 2 aromatic rings. The van der Waals surface area contributed by atoms with Crippen molar-refractivity contribution >= 4 is 17.3 Å². The predicted octanol–water partition coefficient (Wildman–Crippen LogP) is 2.42. The van der Waals surface area contributed by atoms with E-state index in [1.165, 1.54) is 36.4 Å². The maximum Gasteiger partial charge on any atom is 0.191 e. The van der Waals surface area contributed by atoms with Crippen LogP contribution in [-0.4, -0.2) is 53.4 Å². The Kier molecular flexibility index (Phi) is 7.08. The van der Waals surface area contributed by atoms with Gasteiger partial charge in [-0.25, -0.2) is 0 Å². The molecule has 7 heteroatoms. The number of aryl methyl sites for hydroxylation is 1. The molecule has 1 unspecified atom stereocenters. The Morgan fingerprint density at radius 3 is 2.85 bits per heavy atom. The summed E-state index contributed by atoms with van der Waals surface area (Å²) in [7, 11) is 1.95. The zero-order valence-corrected chi connectivity index (χ0v) is 16.6. The summed E-state index contributed by atoms with van der Waals surface area (Å²) in [6.07, 6.45) is 7.53. The molecule has 0 spiro atoms. The van der Waals surface area contributed by atoms with Crippen molar-refractivity contribution < 1.29 is 0 Å². The summed E-state index contributed by atoms with van der Waals surface area (Å²) in [4.78, 5) is 8.89. The Morgan fingerprint density at radius 1 is 1.35 bits per heavy atom. The van der Waals surface area contributed by atoms with Gasteiger partial charge in [0.05, 0.1) is 18.8 Å². The summed E-state index contributed by atoms with van der Waals surface area (Å²) in [5, 5.41) is 13.2. The topological polar surface area (TPSA) is 57.5 Å². The molecule has 142 valence electrons. The number of hydrogen-bond donors (Lipinski definition) is 2. The van der Waals surface area contributed by atoms with E-state index < -0.39 is 0 Å². The second-order valence-electron chi connectivity index (χ2n) is 6.69. The number of guanidine groups is 1. The lowest BCUT2D eigenvalue weighted by molar-refractivity contribution is 0.255. The molecule has 0 bridgehead atoms. The molecule has 0 aliphatic carbocycles. The van der Waals surface area contributed by atoms with Crippen LogP contribution in [-0.2, 0) is 13.5 Å². The van der Waals surface area contributed by atoms with Crippen molar-refractivity contribution in [2.45, 2.75) is 32.2 Å². The van der Waals surface area contributed by atoms with E-state index in [-0.39, 0.29) is 0 Å². The van der Waals surface area contributed by atoms with Gasteiger partial charge in [-0.15, -0.1) is 11.3 Å². The van der Waals surface area contributed by atoms with Crippen LogP contribution in [0.15, 0.2) is 34.9 Å². The lowest BCUT2D eigenvalue weighted by atomic mass is 10.2. The Labute approximate surface area is 160 Å². The van der Waals surface area contributed by atoms with Crippen molar-refractivity contribution in [3.63, 3.8) is 0 Å². The minimum absolute atomic E-state index is 0.395.